The highest BCUT2D eigenvalue weighted by atomic mass is 35.5. The number of hydrogen-bond acceptors (Lipinski definition) is 4. The Morgan fingerprint density at radius 3 is 2.68 bits per heavy atom. The van der Waals surface area contributed by atoms with E-state index in [1.54, 1.807) is 13.3 Å². The van der Waals surface area contributed by atoms with Gasteiger partial charge in [0.25, 0.3) is 0 Å². The first kappa shape index (κ1) is 13.6. The summed E-state index contributed by atoms with van der Waals surface area (Å²) in [4.78, 5) is 4.18. The van der Waals surface area contributed by atoms with E-state index in [4.69, 9.17) is 22.1 Å². The highest BCUT2D eigenvalue weighted by Gasteiger charge is 2.11. The van der Waals surface area contributed by atoms with Crippen molar-refractivity contribution < 1.29 is 4.74 Å². The molecule has 0 aliphatic rings. The zero-order valence-electron chi connectivity index (χ0n) is 10.6. The van der Waals surface area contributed by atoms with Gasteiger partial charge in [-0.05, 0) is 17.7 Å². The van der Waals surface area contributed by atoms with E-state index in [1.807, 2.05) is 36.4 Å². The molecule has 0 saturated carbocycles. The molecule has 1 heterocycles. The minimum atomic E-state index is -0.0432. The highest BCUT2D eigenvalue weighted by Crippen LogP contribution is 2.25. The Hall–Kier alpha value is -1.78. The van der Waals surface area contributed by atoms with Crippen LogP contribution in [-0.2, 0) is 0 Å². The molecule has 0 saturated heterocycles. The van der Waals surface area contributed by atoms with Gasteiger partial charge in [0.15, 0.2) is 0 Å². The molecule has 3 N–H and O–H groups in total. The summed E-state index contributed by atoms with van der Waals surface area (Å²) < 4.78 is 5.04. The van der Waals surface area contributed by atoms with Crippen molar-refractivity contribution >= 4 is 17.3 Å². The quantitative estimate of drug-likeness (QED) is 0.882. The Labute approximate surface area is 117 Å². The summed E-state index contributed by atoms with van der Waals surface area (Å²) in [6.07, 6.45) is 1.75. The lowest BCUT2D eigenvalue weighted by molar-refractivity contribution is 0.397. The van der Waals surface area contributed by atoms with E-state index in [2.05, 4.69) is 10.3 Å². The largest absolute Gasteiger partial charge is 0.481 e. The van der Waals surface area contributed by atoms with Crippen molar-refractivity contribution in [3.05, 3.63) is 53.2 Å². The van der Waals surface area contributed by atoms with Gasteiger partial charge in [-0.15, -0.1) is 0 Å². The Kier molecular flexibility index (Phi) is 4.60. The van der Waals surface area contributed by atoms with E-state index in [9.17, 15) is 0 Å². The van der Waals surface area contributed by atoms with Gasteiger partial charge in [0.2, 0.25) is 5.88 Å². The number of benzene rings is 1. The third kappa shape index (κ3) is 3.36. The van der Waals surface area contributed by atoms with Crippen molar-refractivity contribution in [2.75, 3.05) is 19.0 Å². The molecule has 2 rings (SSSR count). The van der Waals surface area contributed by atoms with Gasteiger partial charge in [-0.1, -0.05) is 29.8 Å². The molecule has 0 amide bonds. The van der Waals surface area contributed by atoms with Crippen molar-refractivity contribution in [3.63, 3.8) is 0 Å². The van der Waals surface area contributed by atoms with Crippen LogP contribution >= 0.6 is 11.6 Å². The number of nitrogens with zero attached hydrogens (tertiary/aromatic N) is 1. The first-order valence-electron chi connectivity index (χ1n) is 5.95. The second-order valence-corrected chi connectivity index (χ2v) is 4.45. The summed E-state index contributed by atoms with van der Waals surface area (Å²) in [6.45, 7) is 0.444. The molecular weight excluding hydrogens is 262 g/mol. The SMILES string of the molecule is COc1ccc(C(CN)Nc2ccccc2Cl)cn1. The maximum atomic E-state index is 6.12. The molecule has 4 nitrogen and oxygen atoms in total. The number of anilines is 1. The summed E-state index contributed by atoms with van der Waals surface area (Å²) in [5.41, 5.74) is 7.65. The molecule has 19 heavy (non-hydrogen) atoms. The van der Waals surface area contributed by atoms with Crippen LogP contribution in [0.3, 0.4) is 0 Å². The lowest BCUT2D eigenvalue weighted by Gasteiger charge is -2.19. The molecule has 100 valence electrons. The molecule has 1 atom stereocenters. The molecular formula is C14H16ClN3O. The molecule has 0 aliphatic heterocycles. The van der Waals surface area contributed by atoms with Crippen LogP contribution in [0.1, 0.15) is 11.6 Å². The van der Waals surface area contributed by atoms with Crippen molar-refractivity contribution in [1.82, 2.24) is 4.98 Å². The molecule has 0 bridgehead atoms. The summed E-state index contributed by atoms with van der Waals surface area (Å²) in [6, 6.07) is 11.3. The van der Waals surface area contributed by atoms with Gasteiger partial charge in [-0.3, -0.25) is 0 Å². The van der Waals surface area contributed by atoms with E-state index < -0.39 is 0 Å². The second-order valence-electron chi connectivity index (χ2n) is 4.05. The fourth-order valence-corrected chi connectivity index (χ4v) is 1.95. The van der Waals surface area contributed by atoms with Crippen LogP contribution in [0, 0.1) is 0 Å². The van der Waals surface area contributed by atoms with Crippen LogP contribution in [0.4, 0.5) is 5.69 Å². The van der Waals surface area contributed by atoms with Crippen LogP contribution in [0.5, 0.6) is 5.88 Å². The van der Waals surface area contributed by atoms with Gasteiger partial charge in [-0.2, -0.15) is 0 Å². The van der Waals surface area contributed by atoms with Gasteiger partial charge >= 0.3 is 0 Å². The molecule has 0 fully saturated rings. The van der Waals surface area contributed by atoms with Crippen molar-refractivity contribution in [2.24, 2.45) is 5.73 Å². The van der Waals surface area contributed by atoms with Crippen LogP contribution in [0.25, 0.3) is 0 Å². The van der Waals surface area contributed by atoms with E-state index in [0.717, 1.165) is 11.3 Å². The van der Waals surface area contributed by atoms with Gasteiger partial charge in [0, 0.05) is 18.8 Å². The minimum Gasteiger partial charge on any atom is -0.481 e. The number of nitrogens with one attached hydrogen (secondary N) is 1. The summed E-state index contributed by atoms with van der Waals surface area (Å²) in [7, 11) is 1.59. The van der Waals surface area contributed by atoms with Crippen molar-refractivity contribution in [1.29, 1.82) is 0 Å². The molecule has 1 unspecified atom stereocenters. The minimum absolute atomic E-state index is 0.0432. The van der Waals surface area contributed by atoms with Crippen LogP contribution in [-0.4, -0.2) is 18.6 Å². The number of ether oxygens (including phenoxy) is 1. The zero-order valence-corrected chi connectivity index (χ0v) is 11.4. The van der Waals surface area contributed by atoms with E-state index in [0.29, 0.717) is 17.4 Å². The van der Waals surface area contributed by atoms with Crippen LogP contribution in [0.2, 0.25) is 5.02 Å². The molecule has 0 spiro atoms. The predicted octanol–water partition coefficient (Wildman–Crippen LogP) is 2.86. The number of nitrogens with two attached hydrogens (primary N) is 1. The third-order valence-corrected chi connectivity index (χ3v) is 3.14. The maximum Gasteiger partial charge on any atom is 0.212 e. The lowest BCUT2D eigenvalue weighted by Crippen LogP contribution is -2.20. The number of hydrogen-bond donors (Lipinski definition) is 2. The number of pyridine rings is 1. The normalized spacial score (nSPS) is 11.9. The summed E-state index contributed by atoms with van der Waals surface area (Å²) in [5, 5.41) is 3.98. The zero-order chi connectivity index (χ0) is 13.7. The molecule has 2 aromatic rings. The topological polar surface area (TPSA) is 60.2 Å². The van der Waals surface area contributed by atoms with Crippen LogP contribution in [0.15, 0.2) is 42.6 Å². The molecule has 0 aliphatic carbocycles. The van der Waals surface area contributed by atoms with Crippen LogP contribution < -0.4 is 15.8 Å². The second kappa shape index (κ2) is 6.41. The Balaban J connectivity index is 2.17. The smallest absolute Gasteiger partial charge is 0.212 e. The summed E-state index contributed by atoms with van der Waals surface area (Å²) in [5.74, 6) is 0.581. The predicted molar refractivity (Wildman–Crippen MR) is 77.7 cm³/mol. The number of halogens is 1. The van der Waals surface area contributed by atoms with E-state index in [1.165, 1.54) is 0 Å². The van der Waals surface area contributed by atoms with Gasteiger partial charge in [0.1, 0.15) is 0 Å². The Morgan fingerprint density at radius 1 is 1.32 bits per heavy atom. The number of rotatable bonds is 5. The fourth-order valence-electron chi connectivity index (χ4n) is 1.76. The van der Waals surface area contributed by atoms with Gasteiger partial charge < -0.3 is 15.8 Å². The van der Waals surface area contributed by atoms with Gasteiger partial charge in [0.05, 0.1) is 23.9 Å². The molecule has 5 heteroatoms. The Bertz CT molecular complexity index is 530. The highest BCUT2D eigenvalue weighted by molar-refractivity contribution is 6.33. The number of para-hydroxylation sites is 1. The third-order valence-electron chi connectivity index (χ3n) is 2.81. The molecule has 1 aromatic carbocycles. The average Bonchev–Trinajstić information content (AvgIpc) is 2.47. The van der Waals surface area contributed by atoms with E-state index in [-0.39, 0.29) is 6.04 Å². The maximum absolute atomic E-state index is 6.12. The number of methoxy groups -OCH3 is 1. The first-order valence-corrected chi connectivity index (χ1v) is 6.33. The van der Waals surface area contributed by atoms with Crippen molar-refractivity contribution in [3.8, 4) is 5.88 Å². The van der Waals surface area contributed by atoms with Crippen molar-refractivity contribution in [2.45, 2.75) is 6.04 Å². The molecule has 1 aromatic heterocycles. The Morgan fingerprint density at radius 2 is 2.11 bits per heavy atom. The lowest BCUT2D eigenvalue weighted by atomic mass is 10.1. The number of aromatic nitrogens is 1. The summed E-state index contributed by atoms with van der Waals surface area (Å²) >= 11 is 6.12. The standard InChI is InChI=1S/C14H16ClN3O/c1-19-14-7-6-10(9-17-14)13(8-16)18-12-5-3-2-4-11(12)15/h2-7,9,13,18H,8,16H2,1H3. The van der Waals surface area contributed by atoms with Gasteiger partial charge in [-0.25, -0.2) is 4.98 Å². The first-order chi connectivity index (χ1) is 9.24. The fraction of sp³-hybridized carbons (Fsp3) is 0.214. The van der Waals surface area contributed by atoms with E-state index >= 15 is 0 Å². The molecule has 0 radical (unpaired) electrons. The monoisotopic (exact) mass is 277 g/mol. The average molecular weight is 278 g/mol.